The standard InChI is InChI=1S/C23H28N/c1-15-11-19-8-6-5-7-18-13-16(2)17(3)21(14-18)23-22(19)20(12-15)9-10-24(23)4/h9-14,20,22H,5-8H2,1-4H3/q+1. The van der Waals surface area contributed by atoms with Gasteiger partial charge < -0.3 is 0 Å². The van der Waals surface area contributed by atoms with E-state index < -0.39 is 0 Å². The van der Waals surface area contributed by atoms with Gasteiger partial charge in [-0.25, -0.2) is 4.58 Å². The Bertz CT molecular complexity index is 817. The molecule has 0 N–H and O–H groups in total. The first-order valence-corrected chi connectivity index (χ1v) is 9.32. The first-order valence-electron chi connectivity index (χ1n) is 9.32. The molecule has 0 radical (unpaired) electrons. The van der Waals surface area contributed by atoms with Crippen LogP contribution >= 0.6 is 0 Å². The van der Waals surface area contributed by atoms with E-state index in [0.717, 1.165) is 0 Å². The normalized spacial score (nSPS) is 25.8. The highest BCUT2D eigenvalue weighted by atomic mass is 15.0. The molecule has 0 amide bonds. The SMILES string of the molecule is CC1=CC2C=C[N+](C)=C3c4cc(cc(C)c4C)CCCCC(=C1)C32. The van der Waals surface area contributed by atoms with Crippen LogP contribution in [0.25, 0.3) is 0 Å². The van der Waals surface area contributed by atoms with Gasteiger partial charge in [0.25, 0.3) is 0 Å². The average molecular weight is 318 g/mol. The van der Waals surface area contributed by atoms with Crippen molar-refractivity contribution in [1.82, 2.24) is 0 Å². The number of rotatable bonds is 0. The Hall–Kier alpha value is -1.89. The molecule has 1 aromatic rings. The molecule has 24 heavy (non-hydrogen) atoms. The lowest BCUT2D eigenvalue weighted by Crippen LogP contribution is -2.35. The molecule has 1 heteroatoms. The maximum atomic E-state index is 2.47. The lowest BCUT2D eigenvalue weighted by Gasteiger charge is -2.32. The monoisotopic (exact) mass is 318 g/mol. The second-order valence-electron chi connectivity index (χ2n) is 7.82. The molecule has 4 rings (SSSR count). The van der Waals surface area contributed by atoms with Gasteiger partial charge in [-0.2, -0.15) is 0 Å². The third-order valence-corrected chi connectivity index (χ3v) is 6.04. The molecule has 1 aliphatic heterocycles. The minimum atomic E-state index is 0.509. The van der Waals surface area contributed by atoms with E-state index in [-0.39, 0.29) is 0 Å². The third-order valence-electron chi connectivity index (χ3n) is 6.04. The van der Waals surface area contributed by atoms with Gasteiger partial charge in [0.1, 0.15) is 7.05 Å². The smallest absolute Gasteiger partial charge is 0.196 e. The fourth-order valence-electron chi connectivity index (χ4n) is 4.72. The van der Waals surface area contributed by atoms with Crippen LogP contribution < -0.4 is 0 Å². The molecule has 2 unspecified atom stereocenters. The van der Waals surface area contributed by atoms with E-state index in [4.69, 9.17) is 0 Å². The van der Waals surface area contributed by atoms with E-state index >= 15 is 0 Å². The molecule has 1 aromatic carbocycles. The number of hydrogen-bond donors (Lipinski definition) is 0. The second kappa shape index (κ2) is 5.88. The molecular weight excluding hydrogens is 290 g/mol. The van der Waals surface area contributed by atoms with Crippen molar-refractivity contribution < 1.29 is 4.58 Å². The summed E-state index contributed by atoms with van der Waals surface area (Å²) in [6.07, 6.45) is 14.6. The third kappa shape index (κ3) is 2.51. The summed E-state index contributed by atoms with van der Waals surface area (Å²) in [4.78, 5) is 0. The summed E-state index contributed by atoms with van der Waals surface area (Å²) in [7, 11) is 2.22. The maximum absolute atomic E-state index is 2.47. The molecule has 2 bridgehead atoms. The zero-order valence-electron chi connectivity index (χ0n) is 15.4. The molecule has 1 nitrogen and oxygen atoms in total. The highest BCUT2D eigenvalue weighted by Gasteiger charge is 2.38. The number of hydrogen-bond acceptors (Lipinski definition) is 0. The van der Waals surface area contributed by atoms with Crippen LogP contribution in [0.5, 0.6) is 0 Å². The van der Waals surface area contributed by atoms with Gasteiger partial charge in [-0.1, -0.05) is 29.4 Å². The fourth-order valence-corrected chi connectivity index (χ4v) is 4.72. The quantitative estimate of drug-likeness (QED) is 0.585. The van der Waals surface area contributed by atoms with Gasteiger partial charge in [-0.15, -0.1) is 0 Å². The Morgan fingerprint density at radius 1 is 1.04 bits per heavy atom. The molecule has 0 spiro atoms. The highest BCUT2D eigenvalue weighted by molar-refractivity contribution is 6.03. The molecule has 0 fully saturated rings. The summed E-state index contributed by atoms with van der Waals surface area (Å²) in [6, 6.07) is 4.87. The number of nitrogens with zero attached hydrogens (tertiary/aromatic N) is 1. The van der Waals surface area contributed by atoms with Crippen molar-refractivity contribution >= 4 is 5.71 Å². The van der Waals surface area contributed by atoms with E-state index in [0.29, 0.717) is 11.8 Å². The Kier molecular flexibility index (Phi) is 3.83. The Morgan fingerprint density at radius 2 is 1.83 bits per heavy atom. The van der Waals surface area contributed by atoms with Crippen molar-refractivity contribution in [2.45, 2.75) is 46.5 Å². The van der Waals surface area contributed by atoms with E-state index in [9.17, 15) is 0 Å². The zero-order valence-corrected chi connectivity index (χ0v) is 15.4. The van der Waals surface area contributed by atoms with Crippen LogP contribution in [0.2, 0.25) is 0 Å². The number of aryl methyl sites for hydroxylation is 2. The van der Waals surface area contributed by atoms with Crippen molar-refractivity contribution in [3.05, 3.63) is 70.0 Å². The van der Waals surface area contributed by atoms with Crippen LogP contribution in [0.3, 0.4) is 0 Å². The molecule has 2 aliphatic carbocycles. The van der Waals surface area contributed by atoms with E-state index in [2.05, 4.69) is 69.0 Å². The topological polar surface area (TPSA) is 3.01 Å². The lowest BCUT2D eigenvalue weighted by molar-refractivity contribution is -0.427. The van der Waals surface area contributed by atoms with Gasteiger partial charge in [0.15, 0.2) is 11.9 Å². The van der Waals surface area contributed by atoms with Crippen LogP contribution in [0.1, 0.15) is 48.4 Å². The summed E-state index contributed by atoms with van der Waals surface area (Å²) in [5.41, 5.74) is 10.4. The van der Waals surface area contributed by atoms with Crippen LogP contribution in [-0.4, -0.2) is 17.3 Å². The predicted molar refractivity (Wildman–Crippen MR) is 102 cm³/mol. The van der Waals surface area contributed by atoms with Crippen LogP contribution in [0.4, 0.5) is 0 Å². The Balaban J connectivity index is 1.98. The van der Waals surface area contributed by atoms with Gasteiger partial charge in [-0.05, 0) is 75.3 Å². The minimum Gasteiger partial charge on any atom is -0.204 e. The highest BCUT2D eigenvalue weighted by Crippen LogP contribution is 2.39. The molecule has 0 aromatic heterocycles. The van der Waals surface area contributed by atoms with E-state index in [1.165, 1.54) is 59.2 Å². The summed E-state index contributed by atoms with van der Waals surface area (Å²) >= 11 is 0. The number of fused-ring (bicyclic) bond motifs is 3. The molecule has 3 aliphatic rings. The van der Waals surface area contributed by atoms with Crippen molar-refractivity contribution in [2.75, 3.05) is 7.05 Å². The van der Waals surface area contributed by atoms with E-state index in [1.807, 2.05) is 0 Å². The summed E-state index contributed by atoms with van der Waals surface area (Å²) in [5.74, 6) is 1.02. The first kappa shape index (κ1) is 15.6. The van der Waals surface area contributed by atoms with Gasteiger partial charge in [0, 0.05) is 11.5 Å². The second-order valence-corrected chi connectivity index (χ2v) is 7.82. The summed E-state index contributed by atoms with van der Waals surface area (Å²) in [5, 5.41) is 0. The molecule has 2 atom stereocenters. The number of benzene rings is 1. The minimum absolute atomic E-state index is 0.509. The van der Waals surface area contributed by atoms with Crippen molar-refractivity contribution in [3.63, 3.8) is 0 Å². The van der Waals surface area contributed by atoms with Crippen LogP contribution in [0, 0.1) is 25.7 Å². The maximum Gasteiger partial charge on any atom is 0.196 e. The van der Waals surface area contributed by atoms with Crippen LogP contribution in [-0.2, 0) is 6.42 Å². The van der Waals surface area contributed by atoms with Crippen molar-refractivity contribution in [2.24, 2.45) is 11.8 Å². The number of allylic oxidation sites excluding steroid dienone is 5. The van der Waals surface area contributed by atoms with Gasteiger partial charge in [0.05, 0.1) is 5.92 Å². The summed E-state index contributed by atoms with van der Waals surface area (Å²) in [6.45, 7) is 6.82. The molecule has 0 saturated carbocycles. The van der Waals surface area contributed by atoms with E-state index in [1.54, 1.807) is 5.57 Å². The zero-order chi connectivity index (χ0) is 16.8. The fraction of sp³-hybridized carbons (Fsp3) is 0.435. The Labute approximate surface area is 146 Å². The van der Waals surface area contributed by atoms with Crippen molar-refractivity contribution in [3.8, 4) is 0 Å². The Morgan fingerprint density at radius 3 is 2.67 bits per heavy atom. The lowest BCUT2D eigenvalue weighted by atomic mass is 9.71. The summed E-state index contributed by atoms with van der Waals surface area (Å²) < 4.78 is 2.37. The van der Waals surface area contributed by atoms with Crippen molar-refractivity contribution in [1.29, 1.82) is 0 Å². The molecular formula is C23H28N+. The molecule has 0 saturated heterocycles. The van der Waals surface area contributed by atoms with Gasteiger partial charge in [0.2, 0.25) is 0 Å². The average Bonchev–Trinajstić information content (AvgIpc) is 2.55. The van der Waals surface area contributed by atoms with Gasteiger partial charge in [-0.3, -0.25) is 0 Å². The first-order chi connectivity index (χ1) is 11.5. The predicted octanol–water partition coefficient (Wildman–Crippen LogP) is 5.11. The van der Waals surface area contributed by atoms with Crippen LogP contribution in [0.15, 0.2) is 47.7 Å². The molecule has 124 valence electrons. The largest absolute Gasteiger partial charge is 0.204 e. The van der Waals surface area contributed by atoms with Gasteiger partial charge >= 0.3 is 0 Å². The molecule has 1 heterocycles.